The minimum atomic E-state index is 0.594. The SMILES string of the molecule is c1ccc2c(c1)-c1cccc3c1c-2cc1c3c2ccc3ccccc3c2n1-c1nc(-c2ccc3ccccc3c2)nc(-c2ccc3ccccc3c2)n1. The van der Waals surface area contributed by atoms with Crippen LogP contribution in [0.25, 0.3) is 116 Å². The molecule has 4 nitrogen and oxygen atoms in total. The van der Waals surface area contributed by atoms with E-state index in [0.29, 0.717) is 17.6 Å². The summed E-state index contributed by atoms with van der Waals surface area (Å²) in [6.45, 7) is 0. The highest BCUT2D eigenvalue weighted by molar-refractivity contribution is 6.31. The summed E-state index contributed by atoms with van der Waals surface area (Å²) in [5.74, 6) is 1.87. The number of hydrogen-bond donors (Lipinski definition) is 0. The average Bonchev–Trinajstić information content (AvgIpc) is 3.74. The first-order valence-electron chi connectivity index (χ1n) is 18.0. The Balaban J connectivity index is 1.23. The van der Waals surface area contributed by atoms with Crippen molar-refractivity contribution in [1.29, 1.82) is 0 Å². The molecule has 0 spiro atoms. The van der Waals surface area contributed by atoms with Gasteiger partial charge in [0, 0.05) is 27.3 Å². The van der Waals surface area contributed by atoms with Gasteiger partial charge in [-0.2, -0.15) is 9.97 Å². The van der Waals surface area contributed by atoms with Crippen molar-refractivity contribution >= 4 is 64.9 Å². The monoisotopic (exact) mass is 672 g/mol. The predicted molar refractivity (Wildman–Crippen MR) is 219 cm³/mol. The molecule has 0 fully saturated rings. The quantitative estimate of drug-likeness (QED) is 0.188. The second-order valence-electron chi connectivity index (χ2n) is 14.0. The zero-order chi connectivity index (χ0) is 34.6. The summed E-state index contributed by atoms with van der Waals surface area (Å²) in [6, 6.07) is 60.8. The van der Waals surface area contributed by atoms with E-state index in [1.807, 2.05) is 0 Å². The molecule has 53 heavy (non-hydrogen) atoms. The van der Waals surface area contributed by atoms with Crippen LogP contribution in [-0.2, 0) is 0 Å². The van der Waals surface area contributed by atoms with Gasteiger partial charge in [-0.25, -0.2) is 4.98 Å². The van der Waals surface area contributed by atoms with Gasteiger partial charge >= 0.3 is 0 Å². The van der Waals surface area contributed by atoms with Gasteiger partial charge in [0.15, 0.2) is 11.6 Å². The lowest BCUT2D eigenvalue weighted by atomic mass is 9.97. The standard InChI is InChI=1S/C49H28N4/c1-3-13-32-26-34(22-20-29(32)10-1)47-50-48(35-23-21-30-11-2-4-14-33(30)27-35)52-49(51-47)53-43-28-42-38-17-8-7-16-37(38)39-18-9-19-40(44(39)42)45(43)41-25-24-31-12-5-6-15-36(31)46(41)53/h1-28H. The van der Waals surface area contributed by atoms with E-state index in [1.165, 1.54) is 60.0 Å². The van der Waals surface area contributed by atoms with Crippen LogP contribution in [0.3, 0.4) is 0 Å². The van der Waals surface area contributed by atoms with Crippen molar-refractivity contribution in [2.45, 2.75) is 0 Å². The molecular weight excluding hydrogens is 645 g/mol. The topological polar surface area (TPSA) is 43.6 Å². The van der Waals surface area contributed by atoms with Gasteiger partial charge in [-0.3, -0.25) is 4.57 Å². The van der Waals surface area contributed by atoms with Crippen molar-refractivity contribution in [1.82, 2.24) is 19.5 Å². The molecule has 0 N–H and O–H groups in total. The number of aromatic nitrogens is 4. The van der Waals surface area contributed by atoms with Gasteiger partial charge in [0.1, 0.15) is 0 Å². The van der Waals surface area contributed by atoms with Gasteiger partial charge in [-0.1, -0.05) is 152 Å². The number of benzene rings is 9. The molecule has 9 aromatic carbocycles. The molecule has 1 aliphatic rings. The van der Waals surface area contributed by atoms with Crippen molar-refractivity contribution in [2.75, 3.05) is 0 Å². The summed E-state index contributed by atoms with van der Waals surface area (Å²) >= 11 is 0. The Hall–Kier alpha value is -7.17. The molecule has 12 rings (SSSR count). The zero-order valence-electron chi connectivity index (χ0n) is 28.5. The Labute approximate surface area is 304 Å². The van der Waals surface area contributed by atoms with Crippen LogP contribution in [-0.4, -0.2) is 19.5 Å². The van der Waals surface area contributed by atoms with Crippen LogP contribution in [0.1, 0.15) is 0 Å². The molecular formula is C49H28N4. The molecule has 2 heterocycles. The Kier molecular flexibility index (Phi) is 5.74. The molecule has 2 aromatic heterocycles. The van der Waals surface area contributed by atoms with E-state index in [-0.39, 0.29) is 0 Å². The second kappa shape index (κ2) is 10.7. The predicted octanol–water partition coefficient (Wildman–Crippen LogP) is 12.6. The molecule has 0 saturated heterocycles. The third-order valence-corrected chi connectivity index (χ3v) is 11.1. The minimum absolute atomic E-state index is 0.594. The van der Waals surface area contributed by atoms with Crippen LogP contribution in [0.5, 0.6) is 0 Å². The zero-order valence-corrected chi connectivity index (χ0v) is 28.5. The molecule has 0 amide bonds. The lowest BCUT2D eigenvalue weighted by Gasteiger charge is -2.13. The van der Waals surface area contributed by atoms with Crippen LogP contribution in [0, 0.1) is 0 Å². The van der Waals surface area contributed by atoms with Gasteiger partial charge in [0.25, 0.3) is 0 Å². The highest BCUT2D eigenvalue weighted by Crippen LogP contribution is 2.51. The molecule has 11 aromatic rings. The molecule has 4 heteroatoms. The van der Waals surface area contributed by atoms with Crippen LogP contribution >= 0.6 is 0 Å². The fourth-order valence-electron chi connectivity index (χ4n) is 8.72. The van der Waals surface area contributed by atoms with Crippen LogP contribution in [0.2, 0.25) is 0 Å². The lowest BCUT2D eigenvalue weighted by Crippen LogP contribution is -2.06. The molecule has 0 bridgehead atoms. The fourth-order valence-corrected chi connectivity index (χ4v) is 8.72. The van der Waals surface area contributed by atoms with E-state index in [9.17, 15) is 0 Å². The Morgan fingerprint density at radius 3 is 1.58 bits per heavy atom. The number of rotatable bonds is 3. The Bertz CT molecular complexity index is 3260. The van der Waals surface area contributed by atoms with E-state index in [1.54, 1.807) is 0 Å². The molecule has 1 aliphatic carbocycles. The first kappa shape index (κ1) is 28.5. The molecule has 0 aliphatic heterocycles. The van der Waals surface area contributed by atoms with Gasteiger partial charge in [-0.05, 0) is 78.2 Å². The van der Waals surface area contributed by atoms with E-state index in [2.05, 4.69) is 174 Å². The molecule has 0 radical (unpaired) electrons. The number of fused-ring (bicyclic) bond motifs is 11. The second-order valence-corrected chi connectivity index (χ2v) is 14.0. The molecule has 244 valence electrons. The van der Waals surface area contributed by atoms with Crippen molar-refractivity contribution < 1.29 is 0 Å². The molecule has 0 saturated carbocycles. The van der Waals surface area contributed by atoms with Crippen molar-refractivity contribution in [3.8, 4) is 51.0 Å². The minimum Gasteiger partial charge on any atom is -0.277 e. The van der Waals surface area contributed by atoms with Crippen LogP contribution < -0.4 is 0 Å². The van der Waals surface area contributed by atoms with E-state index >= 15 is 0 Å². The first-order valence-corrected chi connectivity index (χ1v) is 18.0. The van der Waals surface area contributed by atoms with Gasteiger partial charge < -0.3 is 0 Å². The Morgan fingerprint density at radius 2 is 0.887 bits per heavy atom. The van der Waals surface area contributed by atoms with Crippen LogP contribution in [0.15, 0.2) is 170 Å². The van der Waals surface area contributed by atoms with Crippen LogP contribution in [0.4, 0.5) is 0 Å². The van der Waals surface area contributed by atoms with Crippen molar-refractivity contribution in [2.24, 2.45) is 0 Å². The maximum Gasteiger partial charge on any atom is 0.238 e. The Morgan fingerprint density at radius 1 is 0.340 bits per heavy atom. The van der Waals surface area contributed by atoms with Gasteiger partial charge in [0.2, 0.25) is 5.95 Å². The summed E-state index contributed by atoms with van der Waals surface area (Å²) in [6.07, 6.45) is 0. The third kappa shape index (κ3) is 4.09. The highest BCUT2D eigenvalue weighted by atomic mass is 15.2. The summed E-state index contributed by atoms with van der Waals surface area (Å²) in [7, 11) is 0. The van der Waals surface area contributed by atoms with E-state index in [0.717, 1.165) is 38.3 Å². The summed E-state index contributed by atoms with van der Waals surface area (Å²) in [4.78, 5) is 16.0. The summed E-state index contributed by atoms with van der Waals surface area (Å²) in [5, 5.41) is 11.9. The lowest BCUT2D eigenvalue weighted by molar-refractivity contribution is 0.956. The van der Waals surface area contributed by atoms with Gasteiger partial charge in [-0.15, -0.1) is 0 Å². The maximum absolute atomic E-state index is 5.38. The average molecular weight is 673 g/mol. The van der Waals surface area contributed by atoms with E-state index in [4.69, 9.17) is 15.0 Å². The van der Waals surface area contributed by atoms with Crippen molar-refractivity contribution in [3.63, 3.8) is 0 Å². The highest BCUT2D eigenvalue weighted by Gasteiger charge is 2.27. The largest absolute Gasteiger partial charge is 0.277 e. The molecule has 0 atom stereocenters. The van der Waals surface area contributed by atoms with Gasteiger partial charge in [0.05, 0.1) is 11.0 Å². The first-order chi connectivity index (χ1) is 26.3. The smallest absolute Gasteiger partial charge is 0.238 e. The number of hydrogen-bond acceptors (Lipinski definition) is 3. The maximum atomic E-state index is 5.38. The summed E-state index contributed by atoms with van der Waals surface area (Å²) in [5.41, 5.74) is 9.12. The van der Waals surface area contributed by atoms with E-state index < -0.39 is 0 Å². The fraction of sp³-hybridized carbons (Fsp3) is 0. The molecule has 0 unspecified atom stereocenters. The summed E-state index contributed by atoms with van der Waals surface area (Å²) < 4.78 is 2.30. The third-order valence-electron chi connectivity index (χ3n) is 11.1. The van der Waals surface area contributed by atoms with Crippen molar-refractivity contribution in [3.05, 3.63) is 170 Å². The number of nitrogens with zero attached hydrogens (tertiary/aromatic N) is 4. The normalized spacial score (nSPS) is 12.2.